The van der Waals surface area contributed by atoms with Gasteiger partial charge in [-0.3, -0.25) is 9.69 Å². The zero-order chi connectivity index (χ0) is 20.9. The van der Waals surface area contributed by atoms with Crippen LogP contribution in [0, 0.1) is 0 Å². The molecule has 29 heavy (non-hydrogen) atoms. The largest absolute Gasteiger partial charge is 0.350 e. The monoisotopic (exact) mass is 435 g/mol. The third kappa shape index (κ3) is 5.57. The van der Waals surface area contributed by atoms with Crippen LogP contribution in [-0.4, -0.2) is 45.4 Å². The van der Waals surface area contributed by atoms with Gasteiger partial charge in [-0.2, -0.15) is 0 Å². The summed E-state index contributed by atoms with van der Waals surface area (Å²) in [5.41, 5.74) is 1.37. The Morgan fingerprint density at radius 1 is 1.14 bits per heavy atom. The number of benzene rings is 2. The van der Waals surface area contributed by atoms with Gasteiger partial charge in [-0.1, -0.05) is 36.7 Å². The highest BCUT2D eigenvalue weighted by Crippen LogP contribution is 2.26. The van der Waals surface area contributed by atoms with Gasteiger partial charge in [0.1, 0.15) is 0 Å². The quantitative estimate of drug-likeness (QED) is 0.667. The number of amides is 1. The molecule has 8 heteroatoms. The van der Waals surface area contributed by atoms with Crippen LogP contribution in [0.15, 0.2) is 53.4 Å². The van der Waals surface area contributed by atoms with Gasteiger partial charge in [-0.25, -0.2) is 13.1 Å². The smallest absolute Gasteiger partial charge is 0.251 e. The minimum atomic E-state index is -3.61. The molecule has 1 saturated heterocycles. The minimum absolute atomic E-state index is 0.0221. The van der Waals surface area contributed by atoms with Crippen LogP contribution in [0.4, 0.5) is 0 Å². The van der Waals surface area contributed by atoms with E-state index in [9.17, 15) is 13.2 Å². The molecule has 1 aliphatic heterocycles. The molecule has 0 radical (unpaired) electrons. The highest BCUT2D eigenvalue weighted by atomic mass is 35.5. The number of hydrogen-bond donors (Lipinski definition) is 2. The molecule has 1 heterocycles. The van der Waals surface area contributed by atoms with Crippen molar-refractivity contribution in [2.24, 2.45) is 0 Å². The van der Waals surface area contributed by atoms with Crippen molar-refractivity contribution in [3.05, 3.63) is 64.7 Å². The molecule has 2 N–H and O–H groups in total. The van der Waals surface area contributed by atoms with Gasteiger partial charge in [0.05, 0.1) is 10.9 Å². The molecule has 1 fully saturated rings. The van der Waals surface area contributed by atoms with Crippen molar-refractivity contribution in [3.63, 3.8) is 0 Å². The van der Waals surface area contributed by atoms with Crippen LogP contribution in [0.25, 0.3) is 0 Å². The first-order valence-corrected chi connectivity index (χ1v) is 11.6. The lowest BCUT2D eigenvalue weighted by molar-refractivity contribution is 0.0937. The Labute approximate surface area is 177 Å². The topological polar surface area (TPSA) is 78.5 Å². The molecule has 1 atom stereocenters. The summed E-state index contributed by atoms with van der Waals surface area (Å²) in [7, 11) is -3.61. The molecule has 0 bridgehead atoms. The molecule has 1 unspecified atom stereocenters. The molecule has 0 spiro atoms. The fourth-order valence-electron chi connectivity index (χ4n) is 3.59. The molecule has 0 aliphatic carbocycles. The van der Waals surface area contributed by atoms with E-state index in [2.05, 4.69) is 14.9 Å². The van der Waals surface area contributed by atoms with E-state index in [-0.39, 0.29) is 23.4 Å². The summed E-state index contributed by atoms with van der Waals surface area (Å²) in [4.78, 5) is 15.2. The van der Waals surface area contributed by atoms with E-state index >= 15 is 0 Å². The third-order valence-electron chi connectivity index (χ3n) is 5.01. The molecule has 156 valence electrons. The van der Waals surface area contributed by atoms with Crippen molar-refractivity contribution in [3.8, 4) is 0 Å². The maximum Gasteiger partial charge on any atom is 0.251 e. The number of nitrogens with one attached hydrogen (secondary N) is 2. The number of nitrogens with zero attached hydrogens (tertiary/aromatic N) is 1. The van der Waals surface area contributed by atoms with E-state index in [1.807, 2.05) is 24.3 Å². The van der Waals surface area contributed by atoms with Gasteiger partial charge in [0, 0.05) is 23.7 Å². The van der Waals surface area contributed by atoms with E-state index in [0.29, 0.717) is 17.1 Å². The average molecular weight is 436 g/mol. The lowest BCUT2D eigenvalue weighted by Gasteiger charge is -2.28. The van der Waals surface area contributed by atoms with Gasteiger partial charge < -0.3 is 5.32 Å². The van der Waals surface area contributed by atoms with Gasteiger partial charge in [0.2, 0.25) is 10.0 Å². The number of sulfonamides is 1. The fraction of sp³-hybridized carbons (Fsp3) is 0.381. The van der Waals surface area contributed by atoms with Crippen LogP contribution in [0.3, 0.4) is 0 Å². The molecular formula is C21H26ClN3O3S. The second-order valence-corrected chi connectivity index (χ2v) is 9.26. The number of rotatable bonds is 8. The Morgan fingerprint density at radius 3 is 2.55 bits per heavy atom. The van der Waals surface area contributed by atoms with Crippen LogP contribution in [-0.2, 0) is 10.0 Å². The van der Waals surface area contributed by atoms with E-state index in [4.69, 9.17) is 11.6 Å². The molecule has 1 aliphatic rings. The highest BCUT2D eigenvalue weighted by Gasteiger charge is 2.24. The Bertz CT molecular complexity index is 959. The van der Waals surface area contributed by atoms with Crippen LogP contribution < -0.4 is 10.0 Å². The lowest BCUT2D eigenvalue weighted by atomic mass is 10.1. The molecule has 0 saturated carbocycles. The first kappa shape index (κ1) is 21.8. The van der Waals surface area contributed by atoms with E-state index < -0.39 is 10.0 Å². The van der Waals surface area contributed by atoms with Crippen molar-refractivity contribution >= 4 is 27.5 Å². The number of carbonyl (C=O) groups excluding carboxylic acids is 1. The van der Waals surface area contributed by atoms with Crippen molar-refractivity contribution in [2.75, 3.05) is 26.2 Å². The summed E-state index contributed by atoms with van der Waals surface area (Å²) < 4.78 is 26.8. The van der Waals surface area contributed by atoms with Gasteiger partial charge in [0.25, 0.3) is 5.91 Å². The first-order valence-electron chi connectivity index (χ1n) is 9.78. The molecule has 6 nitrogen and oxygen atoms in total. The lowest BCUT2D eigenvalue weighted by Crippen LogP contribution is -2.36. The average Bonchev–Trinajstić information content (AvgIpc) is 3.23. The Kier molecular flexibility index (Phi) is 7.29. The van der Waals surface area contributed by atoms with Gasteiger partial charge in [-0.05, 0) is 61.8 Å². The summed E-state index contributed by atoms with van der Waals surface area (Å²) in [5, 5.41) is 3.63. The summed E-state index contributed by atoms with van der Waals surface area (Å²) in [6, 6.07) is 13.8. The zero-order valence-corrected chi connectivity index (χ0v) is 18.0. The second kappa shape index (κ2) is 9.71. The molecule has 0 aromatic heterocycles. The maximum absolute atomic E-state index is 12.7. The Hall–Kier alpha value is -1.93. The minimum Gasteiger partial charge on any atom is -0.350 e. The van der Waals surface area contributed by atoms with Gasteiger partial charge >= 0.3 is 0 Å². The molecule has 3 rings (SSSR count). The second-order valence-electron chi connectivity index (χ2n) is 7.05. The number of likely N-dealkylation sites (tertiary alicyclic amines) is 1. The summed E-state index contributed by atoms with van der Waals surface area (Å²) in [5.74, 6) is -0.301. The van der Waals surface area contributed by atoms with Crippen molar-refractivity contribution in [1.29, 1.82) is 0 Å². The van der Waals surface area contributed by atoms with Crippen molar-refractivity contribution in [2.45, 2.75) is 30.7 Å². The molecule has 2 aromatic carbocycles. The third-order valence-corrected chi connectivity index (χ3v) is 6.79. The normalized spacial score (nSPS) is 15.9. The fourth-order valence-corrected chi connectivity index (χ4v) is 4.88. The van der Waals surface area contributed by atoms with E-state index in [0.717, 1.165) is 31.5 Å². The van der Waals surface area contributed by atoms with Crippen LogP contribution in [0.1, 0.15) is 41.7 Å². The standard InChI is InChI=1S/C21H26ClN3O3S/c1-2-24-29(27,28)19-10-6-8-17(14-19)21(26)23-15-20(25-11-3-4-12-25)16-7-5-9-18(22)13-16/h5-10,13-14,20,24H,2-4,11-12,15H2,1H3,(H,23,26). The van der Waals surface area contributed by atoms with Crippen LogP contribution in [0.2, 0.25) is 5.02 Å². The van der Waals surface area contributed by atoms with Crippen molar-refractivity contribution < 1.29 is 13.2 Å². The zero-order valence-electron chi connectivity index (χ0n) is 16.4. The highest BCUT2D eigenvalue weighted by molar-refractivity contribution is 7.89. The predicted molar refractivity (Wildman–Crippen MR) is 115 cm³/mol. The summed E-state index contributed by atoms with van der Waals surface area (Å²) in [6.45, 7) is 4.37. The predicted octanol–water partition coefficient (Wildman–Crippen LogP) is 3.21. The van der Waals surface area contributed by atoms with Gasteiger partial charge in [-0.15, -0.1) is 0 Å². The van der Waals surface area contributed by atoms with Crippen LogP contribution >= 0.6 is 11.6 Å². The SMILES string of the molecule is CCNS(=O)(=O)c1cccc(C(=O)NCC(c2cccc(Cl)c2)N2CCCC2)c1. The van der Waals surface area contributed by atoms with Gasteiger partial charge in [0.15, 0.2) is 0 Å². The number of halogens is 1. The Morgan fingerprint density at radius 2 is 1.86 bits per heavy atom. The van der Waals surface area contributed by atoms with E-state index in [1.165, 1.54) is 12.1 Å². The van der Waals surface area contributed by atoms with Crippen LogP contribution in [0.5, 0.6) is 0 Å². The summed E-state index contributed by atoms with van der Waals surface area (Å²) >= 11 is 6.17. The molecule has 2 aromatic rings. The van der Waals surface area contributed by atoms with E-state index in [1.54, 1.807) is 19.1 Å². The maximum atomic E-state index is 12.7. The first-order chi connectivity index (χ1) is 13.9. The summed E-state index contributed by atoms with van der Waals surface area (Å²) in [6.07, 6.45) is 2.27. The number of hydrogen-bond acceptors (Lipinski definition) is 4. The van der Waals surface area contributed by atoms with Crippen molar-refractivity contribution in [1.82, 2.24) is 14.9 Å². The number of carbonyl (C=O) groups is 1. The Balaban J connectivity index is 1.75. The molecule has 1 amide bonds. The molecular weight excluding hydrogens is 410 g/mol.